The molecule has 47 heavy (non-hydrogen) atoms. The van der Waals surface area contributed by atoms with Crippen LogP contribution in [0, 0.1) is 0 Å². The lowest BCUT2D eigenvalue weighted by Gasteiger charge is -2.41. The third-order valence-corrected chi connectivity index (χ3v) is 9.11. The van der Waals surface area contributed by atoms with Gasteiger partial charge in [0.25, 0.3) is 5.91 Å². The second kappa shape index (κ2) is 15.1. The van der Waals surface area contributed by atoms with Crippen LogP contribution in [0.1, 0.15) is 67.8 Å². The van der Waals surface area contributed by atoms with Gasteiger partial charge in [-0.1, -0.05) is 60.7 Å². The molecule has 1 spiro atoms. The first kappa shape index (κ1) is 33.3. The Kier molecular flexibility index (Phi) is 10.7. The Bertz CT molecular complexity index is 1510. The second-order valence-corrected chi connectivity index (χ2v) is 12.6. The lowest BCUT2D eigenvalue weighted by Crippen LogP contribution is -2.48. The number of aliphatic hydroxyl groups is 1. The van der Waals surface area contributed by atoms with Gasteiger partial charge in [-0.3, -0.25) is 9.59 Å². The van der Waals surface area contributed by atoms with Crippen molar-refractivity contribution in [2.75, 3.05) is 32.8 Å². The Hall–Kier alpha value is -3.64. The number of carbonyl (C=O) groups is 2. The maximum absolute atomic E-state index is 12.4. The van der Waals surface area contributed by atoms with Crippen molar-refractivity contribution in [1.82, 2.24) is 10.2 Å². The lowest BCUT2D eigenvalue weighted by molar-refractivity contribution is -0.255. The Morgan fingerprint density at radius 2 is 1.64 bits per heavy atom. The van der Waals surface area contributed by atoms with E-state index in [4.69, 9.17) is 23.7 Å². The number of ether oxygens (including phenoxy) is 5. The van der Waals surface area contributed by atoms with E-state index in [2.05, 4.69) is 16.3 Å². The molecule has 0 aliphatic carbocycles. The average molecular weight is 645 g/mol. The van der Waals surface area contributed by atoms with Gasteiger partial charge in [-0.2, -0.15) is 0 Å². The molecule has 1 amide bonds. The van der Waals surface area contributed by atoms with Gasteiger partial charge in [0.05, 0.1) is 32.0 Å². The number of aliphatic hydroxyl groups excluding tert-OH is 1. The number of rotatable bonds is 10. The molecule has 3 aromatic rings. The topological polar surface area (TPSA) is 116 Å². The number of piperidine rings is 1. The molecular weight excluding hydrogens is 600 g/mol. The van der Waals surface area contributed by atoms with Crippen LogP contribution in [0.5, 0.6) is 0 Å². The van der Waals surface area contributed by atoms with Crippen molar-refractivity contribution in [3.63, 3.8) is 0 Å². The summed E-state index contributed by atoms with van der Waals surface area (Å²) in [5.41, 5.74) is 5.75. The van der Waals surface area contributed by atoms with E-state index in [0.717, 1.165) is 65.9 Å². The maximum Gasteiger partial charge on any atom is 0.303 e. The highest BCUT2D eigenvalue weighted by Gasteiger charge is 2.41. The fourth-order valence-corrected chi connectivity index (χ4v) is 6.54. The largest absolute Gasteiger partial charge is 0.453 e. The Morgan fingerprint density at radius 3 is 2.34 bits per heavy atom. The van der Waals surface area contributed by atoms with Crippen LogP contribution in [0.3, 0.4) is 0 Å². The molecule has 3 aromatic carbocycles. The zero-order valence-corrected chi connectivity index (χ0v) is 27.1. The van der Waals surface area contributed by atoms with Crippen LogP contribution in [0.2, 0.25) is 0 Å². The SMILES string of the molecule is CC(=O)O[C@@H](C)C(=O)NCc1cccc(-c2cccc([C@@H]3O[C@H](CN4CCC5(CC4)OCCO5)C[C@H](c4ccc(CO)cc4)O3)c2)c1. The van der Waals surface area contributed by atoms with Crippen molar-refractivity contribution < 1.29 is 38.4 Å². The summed E-state index contributed by atoms with van der Waals surface area (Å²) in [6, 6.07) is 24.1. The summed E-state index contributed by atoms with van der Waals surface area (Å²) in [6.45, 7) is 7.02. The highest BCUT2D eigenvalue weighted by molar-refractivity contribution is 5.82. The van der Waals surface area contributed by atoms with Crippen molar-refractivity contribution in [2.24, 2.45) is 0 Å². The summed E-state index contributed by atoms with van der Waals surface area (Å²) < 4.78 is 30.2. The summed E-state index contributed by atoms with van der Waals surface area (Å²) in [7, 11) is 0. The molecule has 4 atom stereocenters. The molecule has 0 saturated carbocycles. The molecule has 10 heteroatoms. The lowest BCUT2D eigenvalue weighted by atomic mass is 9.97. The van der Waals surface area contributed by atoms with Gasteiger partial charge in [-0.25, -0.2) is 0 Å². The van der Waals surface area contributed by atoms with E-state index in [9.17, 15) is 14.7 Å². The molecule has 0 aromatic heterocycles. The van der Waals surface area contributed by atoms with E-state index in [1.165, 1.54) is 6.92 Å². The average Bonchev–Trinajstić information content (AvgIpc) is 3.56. The van der Waals surface area contributed by atoms with Gasteiger partial charge in [-0.05, 0) is 46.9 Å². The molecule has 0 bridgehead atoms. The zero-order chi connectivity index (χ0) is 32.8. The van der Waals surface area contributed by atoms with E-state index in [1.54, 1.807) is 6.92 Å². The van der Waals surface area contributed by atoms with Gasteiger partial charge in [0.2, 0.25) is 0 Å². The molecule has 3 aliphatic rings. The molecule has 3 aliphatic heterocycles. The fourth-order valence-electron chi connectivity index (χ4n) is 6.54. The molecule has 2 N–H and O–H groups in total. The minimum atomic E-state index is -0.856. The second-order valence-electron chi connectivity index (χ2n) is 12.6. The Morgan fingerprint density at radius 1 is 0.936 bits per heavy atom. The van der Waals surface area contributed by atoms with Gasteiger partial charge >= 0.3 is 5.97 Å². The first-order valence-electron chi connectivity index (χ1n) is 16.4. The van der Waals surface area contributed by atoms with Crippen molar-refractivity contribution in [3.8, 4) is 11.1 Å². The van der Waals surface area contributed by atoms with Gasteiger partial charge in [0.1, 0.15) is 0 Å². The first-order chi connectivity index (χ1) is 22.8. The number of benzene rings is 3. The van der Waals surface area contributed by atoms with Crippen molar-refractivity contribution in [2.45, 2.75) is 76.7 Å². The van der Waals surface area contributed by atoms with E-state index in [1.807, 2.05) is 66.7 Å². The molecular formula is C37H44N2O8. The number of esters is 1. The number of likely N-dealkylation sites (tertiary alicyclic amines) is 1. The van der Waals surface area contributed by atoms with Crippen LogP contribution < -0.4 is 5.32 Å². The predicted octanol–water partition coefficient (Wildman–Crippen LogP) is 4.80. The van der Waals surface area contributed by atoms with Crippen molar-refractivity contribution in [3.05, 3.63) is 95.1 Å². The number of nitrogens with one attached hydrogen (secondary N) is 1. The standard InChI is InChI=1S/C37H44N2O8/c1-25(45-26(2)41)35(42)38-22-28-5-3-6-30(19-28)31-7-4-8-32(20-31)36-46-33(21-34(47-36)29-11-9-27(24-40)10-12-29)23-39-15-13-37(14-16-39)43-17-18-44-37/h3-12,19-20,25,33-34,36,40H,13-18,21-24H2,1-2H3,(H,38,42)/t25-,33-,34+,36+/m0/s1. The molecule has 0 unspecified atom stereocenters. The van der Waals surface area contributed by atoms with Crippen LogP contribution in [0.15, 0.2) is 72.8 Å². The van der Waals surface area contributed by atoms with E-state index >= 15 is 0 Å². The molecule has 10 nitrogen and oxygen atoms in total. The van der Waals surface area contributed by atoms with Crippen LogP contribution >= 0.6 is 0 Å². The number of hydrogen-bond donors (Lipinski definition) is 2. The summed E-state index contributed by atoms with van der Waals surface area (Å²) in [6.07, 6.45) is 0.759. The predicted molar refractivity (Wildman–Crippen MR) is 174 cm³/mol. The first-order valence-corrected chi connectivity index (χ1v) is 16.4. The number of carbonyl (C=O) groups excluding carboxylic acids is 2. The van der Waals surface area contributed by atoms with Crippen LogP contribution in [0.4, 0.5) is 0 Å². The molecule has 0 radical (unpaired) electrons. The van der Waals surface area contributed by atoms with Gasteiger partial charge in [0.15, 0.2) is 18.2 Å². The van der Waals surface area contributed by atoms with E-state index < -0.39 is 24.2 Å². The maximum atomic E-state index is 12.4. The Labute approximate surface area is 275 Å². The summed E-state index contributed by atoms with van der Waals surface area (Å²) in [5.74, 6) is -1.26. The normalized spacial score (nSPS) is 23.3. The highest BCUT2D eigenvalue weighted by Crippen LogP contribution is 2.40. The molecule has 6 rings (SSSR count). The van der Waals surface area contributed by atoms with Gasteiger partial charge < -0.3 is 39.0 Å². The van der Waals surface area contributed by atoms with Crippen molar-refractivity contribution in [1.29, 1.82) is 0 Å². The van der Waals surface area contributed by atoms with E-state index in [-0.39, 0.29) is 24.7 Å². The quantitative estimate of drug-likeness (QED) is 0.301. The Balaban J connectivity index is 1.17. The minimum Gasteiger partial charge on any atom is -0.453 e. The van der Waals surface area contributed by atoms with E-state index in [0.29, 0.717) is 26.2 Å². The highest BCUT2D eigenvalue weighted by atomic mass is 16.7. The summed E-state index contributed by atoms with van der Waals surface area (Å²) in [5, 5.41) is 12.4. The van der Waals surface area contributed by atoms with Gasteiger partial charge in [-0.15, -0.1) is 0 Å². The van der Waals surface area contributed by atoms with Crippen LogP contribution in [0.25, 0.3) is 11.1 Å². The molecule has 250 valence electrons. The van der Waals surface area contributed by atoms with Crippen LogP contribution in [-0.2, 0) is 46.4 Å². The minimum absolute atomic E-state index is 0.00217. The number of nitrogens with zero attached hydrogens (tertiary/aromatic N) is 1. The third kappa shape index (κ3) is 8.45. The fraction of sp³-hybridized carbons (Fsp3) is 0.459. The monoisotopic (exact) mass is 644 g/mol. The zero-order valence-electron chi connectivity index (χ0n) is 27.1. The smallest absolute Gasteiger partial charge is 0.303 e. The van der Waals surface area contributed by atoms with Crippen LogP contribution in [-0.4, -0.2) is 72.7 Å². The summed E-state index contributed by atoms with van der Waals surface area (Å²) in [4.78, 5) is 26.0. The molecule has 3 fully saturated rings. The summed E-state index contributed by atoms with van der Waals surface area (Å²) >= 11 is 0. The third-order valence-electron chi connectivity index (χ3n) is 9.11. The molecule has 3 heterocycles. The molecule has 3 saturated heterocycles. The number of hydrogen-bond acceptors (Lipinski definition) is 9. The van der Waals surface area contributed by atoms with Crippen molar-refractivity contribution >= 4 is 11.9 Å². The number of amides is 1. The van der Waals surface area contributed by atoms with Gasteiger partial charge in [0, 0.05) is 57.9 Å².